The smallest absolute Gasteiger partial charge is 0.0726 e. The summed E-state index contributed by atoms with van der Waals surface area (Å²) in [5.41, 5.74) is 1.98. The van der Waals surface area contributed by atoms with Gasteiger partial charge in [-0.3, -0.25) is 9.97 Å². The van der Waals surface area contributed by atoms with E-state index >= 15 is 0 Å². The minimum Gasteiger partial charge on any atom is -0.304 e. The maximum atomic E-state index is 4.21. The van der Waals surface area contributed by atoms with Gasteiger partial charge in [-0.05, 0) is 21.0 Å². The zero-order chi connectivity index (χ0) is 10.3. The lowest BCUT2D eigenvalue weighted by atomic mass is 10.4. The molecule has 0 fully saturated rings. The Balaban J connectivity index is 0.000000671. The van der Waals surface area contributed by atoms with Crippen LogP contribution in [0.3, 0.4) is 0 Å². The van der Waals surface area contributed by atoms with E-state index in [1.807, 2.05) is 41.1 Å². The lowest BCUT2D eigenvalue weighted by Gasteiger charge is -2.07. The molecule has 0 aliphatic carbocycles. The standard InChI is InChI=1S/C8H13N3.C2H6/c1-7-4-10-8(5-9-7)6-11(2)3;1-2/h4-5H,6H2,1-3H3;1-2H3. The van der Waals surface area contributed by atoms with E-state index in [4.69, 9.17) is 0 Å². The molecule has 1 aromatic rings. The largest absolute Gasteiger partial charge is 0.304 e. The molecule has 74 valence electrons. The normalized spacial score (nSPS) is 9.38. The van der Waals surface area contributed by atoms with Crippen LogP contribution in [0.15, 0.2) is 12.4 Å². The van der Waals surface area contributed by atoms with Gasteiger partial charge in [0.05, 0.1) is 11.4 Å². The van der Waals surface area contributed by atoms with Crippen molar-refractivity contribution < 1.29 is 0 Å². The first-order valence-electron chi connectivity index (χ1n) is 4.61. The molecular formula is C10H19N3. The van der Waals surface area contributed by atoms with Gasteiger partial charge in [-0.15, -0.1) is 0 Å². The maximum Gasteiger partial charge on any atom is 0.0726 e. The van der Waals surface area contributed by atoms with E-state index in [0.29, 0.717) is 0 Å². The maximum absolute atomic E-state index is 4.21. The van der Waals surface area contributed by atoms with Crippen LogP contribution in [0.1, 0.15) is 25.2 Å². The summed E-state index contributed by atoms with van der Waals surface area (Å²) in [7, 11) is 4.03. The monoisotopic (exact) mass is 181 g/mol. The van der Waals surface area contributed by atoms with Gasteiger partial charge in [0.2, 0.25) is 0 Å². The average Bonchev–Trinajstić information content (AvgIpc) is 2.12. The second kappa shape index (κ2) is 6.54. The quantitative estimate of drug-likeness (QED) is 0.697. The average molecular weight is 181 g/mol. The summed E-state index contributed by atoms with van der Waals surface area (Å²) in [6, 6.07) is 0. The molecule has 0 radical (unpaired) electrons. The predicted molar refractivity (Wildman–Crippen MR) is 55.5 cm³/mol. The summed E-state index contributed by atoms with van der Waals surface area (Å²) >= 11 is 0. The van der Waals surface area contributed by atoms with Crippen molar-refractivity contribution >= 4 is 0 Å². The minimum absolute atomic E-state index is 0.854. The Hall–Kier alpha value is -0.960. The highest BCUT2D eigenvalue weighted by Crippen LogP contribution is 1.95. The van der Waals surface area contributed by atoms with Gasteiger partial charge >= 0.3 is 0 Å². The zero-order valence-corrected chi connectivity index (χ0v) is 9.20. The summed E-state index contributed by atoms with van der Waals surface area (Å²) in [6.45, 7) is 6.79. The van der Waals surface area contributed by atoms with Crippen LogP contribution in [-0.4, -0.2) is 29.0 Å². The van der Waals surface area contributed by atoms with Crippen LogP contribution in [0.5, 0.6) is 0 Å². The first-order valence-corrected chi connectivity index (χ1v) is 4.61. The van der Waals surface area contributed by atoms with E-state index in [1.54, 1.807) is 6.20 Å². The molecular weight excluding hydrogens is 162 g/mol. The lowest BCUT2D eigenvalue weighted by Crippen LogP contribution is -2.12. The Morgan fingerprint density at radius 1 is 1.15 bits per heavy atom. The van der Waals surface area contributed by atoms with Crippen molar-refractivity contribution in [3.05, 3.63) is 23.8 Å². The Labute approximate surface area is 80.8 Å². The minimum atomic E-state index is 0.854. The van der Waals surface area contributed by atoms with Gasteiger partial charge in [0.1, 0.15) is 0 Å². The summed E-state index contributed by atoms with van der Waals surface area (Å²) in [4.78, 5) is 10.4. The van der Waals surface area contributed by atoms with E-state index < -0.39 is 0 Å². The highest BCUT2D eigenvalue weighted by molar-refractivity contribution is 4.99. The van der Waals surface area contributed by atoms with E-state index in [9.17, 15) is 0 Å². The van der Waals surface area contributed by atoms with Crippen molar-refractivity contribution in [2.24, 2.45) is 0 Å². The molecule has 0 unspecified atom stereocenters. The van der Waals surface area contributed by atoms with Crippen molar-refractivity contribution in [1.82, 2.24) is 14.9 Å². The number of aromatic nitrogens is 2. The van der Waals surface area contributed by atoms with Gasteiger partial charge in [-0.25, -0.2) is 0 Å². The highest BCUT2D eigenvalue weighted by atomic mass is 15.1. The van der Waals surface area contributed by atoms with Crippen molar-refractivity contribution in [3.8, 4) is 0 Å². The molecule has 1 aromatic heterocycles. The molecule has 0 aromatic carbocycles. The predicted octanol–water partition coefficient (Wildman–Crippen LogP) is 1.87. The Morgan fingerprint density at radius 3 is 2.15 bits per heavy atom. The summed E-state index contributed by atoms with van der Waals surface area (Å²) in [5.74, 6) is 0. The van der Waals surface area contributed by atoms with E-state index in [-0.39, 0.29) is 0 Å². The SMILES string of the molecule is CC.Cc1cnc(CN(C)C)cn1. The van der Waals surface area contributed by atoms with Crippen molar-refractivity contribution in [2.75, 3.05) is 14.1 Å². The molecule has 0 atom stereocenters. The van der Waals surface area contributed by atoms with Crippen LogP contribution in [-0.2, 0) is 6.54 Å². The number of hydrogen-bond acceptors (Lipinski definition) is 3. The van der Waals surface area contributed by atoms with Crippen molar-refractivity contribution in [1.29, 1.82) is 0 Å². The molecule has 1 rings (SSSR count). The van der Waals surface area contributed by atoms with Crippen LogP contribution in [0.2, 0.25) is 0 Å². The third-order valence-corrected chi connectivity index (χ3v) is 1.31. The Bertz CT molecular complexity index is 216. The molecule has 0 saturated heterocycles. The van der Waals surface area contributed by atoms with E-state index in [1.165, 1.54) is 0 Å². The number of hydrogen-bond donors (Lipinski definition) is 0. The van der Waals surface area contributed by atoms with E-state index in [2.05, 4.69) is 14.9 Å². The van der Waals surface area contributed by atoms with Gasteiger partial charge in [0, 0.05) is 18.9 Å². The summed E-state index contributed by atoms with van der Waals surface area (Å²) in [6.07, 6.45) is 3.61. The zero-order valence-electron chi connectivity index (χ0n) is 9.20. The van der Waals surface area contributed by atoms with Crippen LogP contribution in [0.25, 0.3) is 0 Å². The molecule has 3 heteroatoms. The van der Waals surface area contributed by atoms with E-state index in [0.717, 1.165) is 17.9 Å². The summed E-state index contributed by atoms with van der Waals surface area (Å²) < 4.78 is 0. The van der Waals surface area contributed by atoms with Gasteiger partial charge in [0.25, 0.3) is 0 Å². The van der Waals surface area contributed by atoms with Crippen LogP contribution in [0, 0.1) is 6.92 Å². The highest BCUT2D eigenvalue weighted by Gasteiger charge is 1.95. The Kier molecular flexibility index (Phi) is 6.06. The third kappa shape index (κ3) is 5.31. The van der Waals surface area contributed by atoms with Crippen LogP contribution >= 0.6 is 0 Å². The fourth-order valence-electron chi connectivity index (χ4n) is 0.825. The third-order valence-electron chi connectivity index (χ3n) is 1.31. The first-order chi connectivity index (χ1) is 6.18. The second-order valence-corrected chi connectivity index (χ2v) is 2.89. The van der Waals surface area contributed by atoms with Gasteiger partial charge < -0.3 is 4.90 Å². The molecule has 0 N–H and O–H groups in total. The molecule has 0 bridgehead atoms. The molecule has 3 nitrogen and oxygen atoms in total. The van der Waals surface area contributed by atoms with Crippen molar-refractivity contribution in [2.45, 2.75) is 27.3 Å². The van der Waals surface area contributed by atoms with Crippen LogP contribution < -0.4 is 0 Å². The fourth-order valence-corrected chi connectivity index (χ4v) is 0.825. The fraction of sp³-hybridized carbons (Fsp3) is 0.600. The number of aryl methyl sites for hydroxylation is 1. The molecule has 0 amide bonds. The molecule has 13 heavy (non-hydrogen) atoms. The van der Waals surface area contributed by atoms with Gasteiger partial charge in [-0.1, -0.05) is 13.8 Å². The lowest BCUT2D eigenvalue weighted by molar-refractivity contribution is 0.396. The molecule has 0 aliphatic heterocycles. The Morgan fingerprint density at radius 2 is 1.77 bits per heavy atom. The summed E-state index contributed by atoms with van der Waals surface area (Å²) in [5, 5.41) is 0. The number of nitrogens with zero attached hydrogens (tertiary/aromatic N) is 3. The molecule has 0 spiro atoms. The molecule has 0 aliphatic rings. The van der Waals surface area contributed by atoms with Crippen LogP contribution in [0.4, 0.5) is 0 Å². The second-order valence-electron chi connectivity index (χ2n) is 2.89. The number of rotatable bonds is 2. The molecule has 1 heterocycles. The van der Waals surface area contributed by atoms with Crippen molar-refractivity contribution in [3.63, 3.8) is 0 Å². The topological polar surface area (TPSA) is 29.0 Å². The van der Waals surface area contributed by atoms with Gasteiger partial charge in [0.15, 0.2) is 0 Å². The first kappa shape index (κ1) is 12.0. The van der Waals surface area contributed by atoms with Gasteiger partial charge in [-0.2, -0.15) is 0 Å². The molecule has 0 saturated carbocycles.